The standard InChI is InChI=1S/C13H3F15O/c14-8(15,11(22,23)12(24,25)13(26,27)28)7(29)5-2-1-4(9(16,17)18)3-6(5)10(19,20)21/h1-3H. The van der Waals surface area contributed by atoms with Crippen LogP contribution in [0.4, 0.5) is 65.9 Å². The number of ketones is 1. The van der Waals surface area contributed by atoms with Gasteiger partial charge in [0.15, 0.2) is 0 Å². The summed E-state index contributed by atoms with van der Waals surface area (Å²) in [6.07, 6.45) is -19.0. The summed E-state index contributed by atoms with van der Waals surface area (Å²) in [6.45, 7) is 0. The van der Waals surface area contributed by atoms with Gasteiger partial charge in [-0.1, -0.05) is 0 Å². The molecule has 1 rings (SSSR count). The molecule has 0 aromatic heterocycles. The van der Waals surface area contributed by atoms with Gasteiger partial charge in [-0.05, 0) is 18.2 Å². The summed E-state index contributed by atoms with van der Waals surface area (Å²) in [5.74, 6) is -26.1. The van der Waals surface area contributed by atoms with E-state index in [-0.39, 0.29) is 0 Å². The van der Waals surface area contributed by atoms with Gasteiger partial charge >= 0.3 is 36.3 Å². The van der Waals surface area contributed by atoms with E-state index in [1.165, 1.54) is 0 Å². The predicted octanol–water partition coefficient (Wildman–Crippen LogP) is 6.38. The summed E-state index contributed by atoms with van der Waals surface area (Å²) in [5.41, 5.74) is -7.77. The van der Waals surface area contributed by atoms with Crippen LogP contribution in [0.2, 0.25) is 0 Å². The summed E-state index contributed by atoms with van der Waals surface area (Å²) in [6, 6.07) is -2.12. The largest absolute Gasteiger partial charge is 0.460 e. The van der Waals surface area contributed by atoms with Gasteiger partial charge in [0, 0.05) is 5.56 Å². The van der Waals surface area contributed by atoms with E-state index in [1.54, 1.807) is 0 Å². The molecule has 0 fully saturated rings. The third-order valence-corrected chi connectivity index (χ3v) is 3.33. The van der Waals surface area contributed by atoms with E-state index in [4.69, 9.17) is 0 Å². The maximum absolute atomic E-state index is 13.5. The molecule has 16 heteroatoms. The SMILES string of the molecule is O=C(c1ccc(C(F)(F)F)cc1C(F)(F)F)C(F)(F)C(F)(F)C(F)(F)C(F)(F)F. The fourth-order valence-electron chi connectivity index (χ4n) is 1.84. The molecule has 0 radical (unpaired) electrons. The average molecular weight is 460 g/mol. The number of carbonyl (C=O) groups excluding carboxylic acids is 1. The van der Waals surface area contributed by atoms with Crippen molar-refractivity contribution in [2.24, 2.45) is 0 Å². The molecule has 1 aromatic rings. The minimum atomic E-state index is -7.58. The topological polar surface area (TPSA) is 17.1 Å². The Balaban J connectivity index is 3.69. The number of carbonyl (C=O) groups is 1. The molecule has 0 aliphatic rings. The zero-order valence-electron chi connectivity index (χ0n) is 12.8. The number of hydrogen-bond acceptors (Lipinski definition) is 1. The van der Waals surface area contributed by atoms with E-state index in [0.717, 1.165) is 0 Å². The molecule has 0 aliphatic heterocycles. The molecule has 1 nitrogen and oxygen atoms in total. The van der Waals surface area contributed by atoms with Crippen LogP contribution in [-0.2, 0) is 12.4 Å². The van der Waals surface area contributed by atoms with Crippen molar-refractivity contribution < 1.29 is 70.7 Å². The lowest BCUT2D eigenvalue weighted by atomic mass is 9.91. The monoisotopic (exact) mass is 460 g/mol. The lowest BCUT2D eigenvalue weighted by Crippen LogP contribution is -2.63. The van der Waals surface area contributed by atoms with Crippen molar-refractivity contribution in [1.29, 1.82) is 0 Å². The zero-order valence-corrected chi connectivity index (χ0v) is 12.8. The average Bonchev–Trinajstić information content (AvgIpc) is 2.50. The Morgan fingerprint density at radius 2 is 1.07 bits per heavy atom. The van der Waals surface area contributed by atoms with Gasteiger partial charge in [-0.2, -0.15) is 65.9 Å². The van der Waals surface area contributed by atoms with Crippen LogP contribution in [0.3, 0.4) is 0 Å². The summed E-state index contributed by atoms with van der Waals surface area (Å²) in [5, 5.41) is 0. The second-order valence-electron chi connectivity index (χ2n) is 5.31. The predicted molar refractivity (Wildman–Crippen MR) is 61.7 cm³/mol. The first kappa shape index (κ1) is 24.9. The Labute approximate surface area is 149 Å². The van der Waals surface area contributed by atoms with Gasteiger partial charge in [0.2, 0.25) is 5.78 Å². The second kappa shape index (κ2) is 6.68. The van der Waals surface area contributed by atoms with Crippen LogP contribution in [0.5, 0.6) is 0 Å². The highest BCUT2D eigenvalue weighted by molar-refractivity contribution is 6.03. The molecule has 0 atom stereocenters. The van der Waals surface area contributed by atoms with Gasteiger partial charge in [-0.15, -0.1) is 0 Å². The molecule has 0 amide bonds. The number of alkyl halides is 15. The van der Waals surface area contributed by atoms with Crippen molar-refractivity contribution in [3.8, 4) is 0 Å². The Kier molecular flexibility index (Phi) is 5.73. The molecular weight excluding hydrogens is 457 g/mol. The first-order valence-electron chi connectivity index (χ1n) is 6.53. The lowest BCUT2D eigenvalue weighted by Gasteiger charge is -2.33. The Hall–Kier alpha value is -2.16. The van der Waals surface area contributed by atoms with Crippen LogP contribution in [0, 0.1) is 0 Å². The highest BCUT2D eigenvalue weighted by Crippen LogP contribution is 2.54. The smallest absolute Gasteiger partial charge is 0.287 e. The van der Waals surface area contributed by atoms with Gasteiger partial charge in [0.1, 0.15) is 0 Å². The molecule has 0 N–H and O–H groups in total. The van der Waals surface area contributed by atoms with Gasteiger partial charge in [0.05, 0.1) is 11.1 Å². The number of halogens is 15. The normalized spacial score (nSPS) is 14.9. The lowest BCUT2D eigenvalue weighted by molar-refractivity contribution is -0.386. The van der Waals surface area contributed by atoms with Gasteiger partial charge < -0.3 is 0 Å². The molecule has 0 bridgehead atoms. The zero-order chi connectivity index (χ0) is 23.4. The fraction of sp³-hybridized carbons (Fsp3) is 0.462. The van der Waals surface area contributed by atoms with E-state index >= 15 is 0 Å². The molecule has 0 saturated carbocycles. The van der Waals surface area contributed by atoms with Crippen LogP contribution in [0.25, 0.3) is 0 Å². The summed E-state index contributed by atoms with van der Waals surface area (Å²) < 4.78 is 191. The number of rotatable bonds is 4. The Morgan fingerprint density at radius 3 is 1.41 bits per heavy atom. The summed E-state index contributed by atoms with van der Waals surface area (Å²) in [7, 11) is 0. The highest BCUT2D eigenvalue weighted by atomic mass is 19.4. The minimum absolute atomic E-state index is 0.460. The maximum atomic E-state index is 13.5. The summed E-state index contributed by atoms with van der Waals surface area (Å²) >= 11 is 0. The molecule has 0 unspecified atom stereocenters. The van der Waals surface area contributed by atoms with Crippen LogP contribution in [0.15, 0.2) is 18.2 Å². The van der Waals surface area contributed by atoms with E-state index in [1.807, 2.05) is 0 Å². The highest BCUT2D eigenvalue weighted by Gasteiger charge is 2.83. The van der Waals surface area contributed by atoms with Crippen molar-refractivity contribution in [2.45, 2.75) is 36.3 Å². The molecule has 166 valence electrons. The molecule has 0 aliphatic carbocycles. The van der Waals surface area contributed by atoms with Crippen LogP contribution in [-0.4, -0.2) is 29.7 Å². The molecule has 0 spiro atoms. The molecule has 0 saturated heterocycles. The molecule has 29 heavy (non-hydrogen) atoms. The Bertz CT molecular complexity index is 781. The van der Waals surface area contributed by atoms with E-state index in [0.29, 0.717) is 0 Å². The maximum Gasteiger partial charge on any atom is 0.460 e. The number of hydrogen-bond donors (Lipinski definition) is 0. The fourth-order valence-corrected chi connectivity index (χ4v) is 1.84. The van der Waals surface area contributed by atoms with Crippen molar-refractivity contribution in [1.82, 2.24) is 0 Å². The van der Waals surface area contributed by atoms with Crippen molar-refractivity contribution >= 4 is 5.78 Å². The number of Topliss-reactive ketones (excluding diaryl/α,β-unsaturated/α-hetero) is 1. The molecule has 1 aromatic carbocycles. The Morgan fingerprint density at radius 1 is 0.621 bits per heavy atom. The van der Waals surface area contributed by atoms with Crippen LogP contribution < -0.4 is 0 Å². The minimum Gasteiger partial charge on any atom is -0.287 e. The second-order valence-corrected chi connectivity index (χ2v) is 5.31. The summed E-state index contributed by atoms with van der Waals surface area (Å²) in [4.78, 5) is 11.4. The van der Waals surface area contributed by atoms with E-state index < -0.39 is 77.0 Å². The van der Waals surface area contributed by atoms with Crippen molar-refractivity contribution in [3.63, 3.8) is 0 Å². The van der Waals surface area contributed by atoms with Gasteiger partial charge in [0.25, 0.3) is 0 Å². The first-order valence-corrected chi connectivity index (χ1v) is 6.53. The van der Waals surface area contributed by atoms with Crippen molar-refractivity contribution in [2.75, 3.05) is 0 Å². The first-order chi connectivity index (χ1) is 12.5. The number of benzene rings is 1. The van der Waals surface area contributed by atoms with Crippen LogP contribution >= 0.6 is 0 Å². The van der Waals surface area contributed by atoms with Gasteiger partial charge in [-0.3, -0.25) is 4.79 Å². The van der Waals surface area contributed by atoms with Crippen molar-refractivity contribution in [3.05, 3.63) is 34.9 Å². The third kappa shape index (κ3) is 4.10. The van der Waals surface area contributed by atoms with E-state index in [9.17, 15) is 70.7 Å². The van der Waals surface area contributed by atoms with Gasteiger partial charge in [-0.25, -0.2) is 0 Å². The molecular formula is C13H3F15O. The third-order valence-electron chi connectivity index (χ3n) is 3.33. The van der Waals surface area contributed by atoms with Crippen LogP contribution in [0.1, 0.15) is 21.5 Å². The molecule has 0 heterocycles. The quantitative estimate of drug-likeness (QED) is 0.377. The van der Waals surface area contributed by atoms with E-state index in [2.05, 4.69) is 0 Å².